The van der Waals surface area contributed by atoms with Crippen molar-refractivity contribution in [3.63, 3.8) is 0 Å². The van der Waals surface area contributed by atoms with Crippen molar-refractivity contribution in [1.29, 1.82) is 0 Å². The van der Waals surface area contributed by atoms with E-state index >= 15 is 0 Å². The summed E-state index contributed by atoms with van der Waals surface area (Å²) in [6.45, 7) is 0. The number of anilines is 1. The van der Waals surface area contributed by atoms with Crippen LogP contribution in [0, 0.1) is 24.2 Å². The van der Waals surface area contributed by atoms with Gasteiger partial charge in [0.05, 0.1) is 7.11 Å². The van der Waals surface area contributed by atoms with Gasteiger partial charge in [-0.15, -0.1) is 6.42 Å². The molecule has 1 aromatic rings. The molecule has 5 heteroatoms. The van der Waals surface area contributed by atoms with E-state index in [0.29, 0.717) is 11.3 Å². The molecule has 3 N–H and O–H groups in total. The monoisotopic (exact) mass is 215 g/mol. The summed E-state index contributed by atoms with van der Waals surface area (Å²) in [5.41, 5.74) is 5.38. The highest BCUT2D eigenvalue weighted by atomic mass is 16.5. The molecular formula is C11H9N3O2. The molecule has 0 radical (unpaired) electrons. The zero-order valence-electron chi connectivity index (χ0n) is 8.57. The Balaban J connectivity index is 3.26. The molecule has 0 atom stereocenters. The number of amides is 2. The fourth-order valence-electron chi connectivity index (χ4n) is 1.05. The van der Waals surface area contributed by atoms with Gasteiger partial charge in [0.1, 0.15) is 11.3 Å². The fraction of sp³-hybridized carbons (Fsp3) is 0.0909. The number of nitrogens with zero attached hydrogens (tertiary/aromatic N) is 1. The maximum atomic E-state index is 10.7. The number of urea groups is 1. The lowest BCUT2D eigenvalue weighted by Crippen LogP contribution is -2.20. The van der Waals surface area contributed by atoms with E-state index < -0.39 is 6.03 Å². The topological polar surface area (TPSA) is 77.2 Å². The van der Waals surface area contributed by atoms with Crippen molar-refractivity contribution in [2.45, 2.75) is 0 Å². The number of carbonyl (C=O) groups excluding carboxylic acids is 1. The molecule has 0 aromatic carbocycles. The summed E-state index contributed by atoms with van der Waals surface area (Å²) in [5.74, 6) is 7.90. The van der Waals surface area contributed by atoms with E-state index in [1.807, 2.05) is 0 Å². The molecule has 0 saturated heterocycles. The lowest BCUT2D eigenvalue weighted by atomic mass is 10.2. The Labute approximate surface area is 93.0 Å². The van der Waals surface area contributed by atoms with Crippen LogP contribution >= 0.6 is 0 Å². The summed E-state index contributed by atoms with van der Waals surface area (Å²) in [6.07, 6.45) is 6.49. The standard InChI is InChI=1S/C11H9N3O2/c1-3-4-5-8-9(16-2)6-7-13-10(8)14-11(12)15/h1,6-7H,2H3,(H3,12,13,14,15). The van der Waals surface area contributed by atoms with Gasteiger partial charge in [0.15, 0.2) is 5.82 Å². The molecule has 5 nitrogen and oxygen atoms in total. The Bertz CT molecular complexity index is 506. The fourth-order valence-corrected chi connectivity index (χ4v) is 1.05. The van der Waals surface area contributed by atoms with Gasteiger partial charge in [0, 0.05) is 6.20 Å². The van der Waals surface area contributed by atoms with E-state index in [2.05, 4.69) is 28.1 Å². The summed E-state index contributed by atoms with van der Waals surface area (Å²) < 4.78 is 5.06. The van der Waals surface area contributed by atoms with Gasteiger partial charge < -0.3 is 10.5 Å². The van der Waals surface area contributed by atoms with Gasteiger partial charge in [0.25, 0.3) is 0 Å². The summed E-state index contributed by atoms with van der Waals surface area (Å²) in [6, 6.07) is 0.872. The first kappa shape index (κ1) is 11.4. The van der Waals surface area contributed by atoms with Crippen molar-refractivity contribution in [2.24, 2.45) is 5.73 Å². The predicted octanol–water partition coefficient (Wildman–Crippen LogP) is 0.566. The van der Waals surface area contributed by atoms with Crippen LogP contribution in [0.25, 0.3) is 0 Å². The lowest BCUT2D eigenvalue weighted by molar-refractivity contribution is 0.259. The first-order valence-corrected chi connectivity index (χ1v) is 4.25. The number of hydrogen-bond acceptors (Lipinski definition) is 3. The molecule has 1 aromatic heterocycles. The number of primary amides is 1. The predicted molar refractivity (Wildman–Crippen MR) is 59.7 cm³/mol. The third-order valence-corrected chi connectivity index (χ3v) is 1.63. The van der Waals surface area contributed by atoms with Gasteiger partial charge in [-0.25, -0.2) is 9.78 Å². The molecule has 0 saturated carbocycles. The first-order chi connectivity index (χ1) is 7.69. The minimum atomic E-state index is -0.732. The highest BCUT2D eigenvalue weighted by molar-refractivity contribution is 5.88. The zero-order valence-corrected chi connectivity index (χ0v) is 8.57. The van der Waals surface area contributed by atoms with E-state index in [0.717, 1.165) is 0 Å². The molecule has 1 heterocycles. The number of hydrogen-bond donors (Lipinski definition) is 2. The number of nitrogens with one attached hydrogen (secondary N) is 1. The summed E-state index contributed by atoms with van der Waals surface area (Å²) in [4.78, 5) is 14.7. The van der Waals surface area contributed by atoms with Crippen molar-refractivity contribution >= 4 is 11.8 Å². The molecule has 0 aliphatic heterocycles. The normalized spacial score (nSPS) is 8.25. The van der Waals surface area contributed by atoms with Gasteiger partial charge >= 0.3 is 6.03 Å². The van der Waals surface area contributed by atoms with E-state index in [-0.39, 0.29) is 5.82 Å². The van der Waals surface area contributed by atoms with Crippen molar-refractivity contribution in [2.75, 3.05) is 12.4 Å². The van der Waals surface area contributed by atoms with E-state index in [4.69, 9.17) is 16.9 Å². The average molecular weight is 215 g/mol. The largest absolute Gasteiger partial charge is 0.495 e. The van der Waals surface area contributed by atoms with E-state index in [1.54, 1.807) is 6.07 Å². The Hall–Kier alpha value is -2.66. The van der Waals surface area contributed by atoms with Crippen molar-refractivity contribution in [3.8, 4) is 29.9 Å². The second-order valence-corrected chi connectivity index (χ2v) is 2.62. The Morgan fingerprint density at radius 3 is 3.00 bits per heavy atom. The highest BCUT2D eigenvalue weighted by Crippen LogP contribution is 2.22. The average Bonchev–Trinajstić information content (AvgIpc) is 2.26. The zero-order chi connectivity index (χ0) is 12.0. The van der Waals surface area contributed by atoms with Crippen LogP contribution in [0.5, 0.6) is 5.75 Å². The van der Waals surface area contributed by atoms with E-state index in [9.17, 15) is 4.79 Å². The third kappa shape index (κ3) is 2.66. The van der Waals surface area contributed by atoms with Crippen molar-refractivity contribution in [1.82, 2.24) is 4.98 Å². The summed E-state index contributed by atoms with van der Waals surface area (Å²) >= 11 is 0. The minimum Gasteiger partial charge on any atom is -0.495 e. The summed E-state index contributed by atoms with van der Waals surface area (Å²) in [5, 5.41) is 2.33. The lowest BCUT2D eigenvalue weighted by Gasteiger charge is -2.07. The number of nitrogens with two attached hydrogens (primary N) is 1. The van der Waals surface area contributed by atoms with Crippen LogP contribution in [0.4, 0.5) is 10.6 Å². The highest BCUT2D eigenvalue weighted by Gasteiger charge is 2.09. The second kappa shape index (κ2) is 5.28. The smallest absolute Gasteiger partial charge is 0.317 e. The van der Waals surface area contributed by atoms with Gasteiger partial charge in [0.2, 0.25) is 0 Å². The Kier molecular flexibility index (Phi) is 3.77. The Morgan fingerprint density at radius 1 is 1.69 bits per heavy atom. The molecule has 0 fully saturated rings. The van der Waals surface area contributed by atoms with Crippen molar-refractivity contribution in [3.05, 3.63) is 17.8 Å². The van der Waals surface area contributed by atoms with Crippen LogP contribution in [0.1, 0.15) is 5.56 Å². The maximum absolute atomic E-state index is 10.7. The molecular weight excluding hydrogens is 206 g/mol. The number of terminal acetylenes is 1. The molecule has 0 bridgehead atoms. The van der Waals surface area contributed by atoms with Gasteiger partial charge in [-0.1, -0.05) is 0 Å². The number of methoxy groups -OCH3 is 1. The van der Waals surface area contributed by atoms with Crippen LogP contribution < -0.4 is 15.8 Å². The molecule has 2 amide bonds. The quantitative estimate of drug-likeness (QED) is 0.708. The Morgan fingerprint density at radius 2 is 2.44 bits per heavy atom. The van der Waals surface area contributed by atoms with Crippen LogP contribution in [-0.2, 0) is 0 Å². The summed E-state index contributed by atoms with van der Waals surface area (Å²) in [7, 11) is 1.48. The van der Waals surface area contributed by atoms with Gasteiger partial charge in [-0.3, -0.25) is 5.32 Å². The molecule has 0 spiro atoms. The minimum absolute atomic E-state index is 0.217. The molecule has 80 valence electrons. The molecule has 16 heavy (non-hydrogen) atoms. The SMILES string of the molecule is C#CC#Cc1c(OC)ccnc1NC(N)=O. The second-order valence-electron chi connectivity index (χ2n) is 2.62. The number of aromatic nitrogens is 1. The first-order valence-electron chi connectivity index (χ1n) is 4.25. The molecule has 1 rings (SSSR count). The number of carbonyl (C=O) groups is 1. The molecule has 0 unspecified atom stereocenters. The van der Waals surface area contributed by atoms with Crippen LogP contribution in [-0.4, -0.2) is 18.1 Å². The maximum Gasteiger partial charge on any atom is 0.317 e. The van der Waals surface area contributed by atoms with Crippen LogP contribution in [0.3, 0.4) is 0 Å². The number of ether oxygens (including phenoxy) is 1. The number of pyridine rings is 1. The molecule has 0 aliphatic carbocycles. The third-order valence-electron chi connectivity index (χ3n) is 1.63. The van der Waals surface area contributed by atoms with E-state index in [1.165, 1.54) is 13.3 Å². The van der Waals surface area contributed by atoms with Crippen LogP contribution in [0.15, 0.2) is 12.3 Å². The van der Waals surface area contributed by atoms with Gasteiger partial charge in [-0.05, 0) is 23.8 Å². The van der Waals surface area contributed by atoms with Crippen molar-refractivity contribution < 1.29 is 9.53 Å². The van der Waals surface area contributed by atoms with Crippen LogP contribution in [0.2, 0.25) is 0 Å². The molecule has 0 aliphatic rings. The van der Waals surface area contributed by atoms with Gasteiger partial charge in [-0.2, -0.15) is 0 Å². The number of rotatable bonds is 2.